The largest absolute Gasteiger partial charge is 0.377 e. The molecule has 0 bridgehead atoms. The van der Waals surface area contributed by atoms with E-state index in [0.29, 0.717) is 24.2 Å². The summed E-state index contributed by atoms with van der Waals surface area (Å²) in [7, 11) is 2.20. The highest BCUT2D eigenvalue weighted by Crippen LogP contribution is 2.35. The molecule has 4 heteroatoms. The van der Waals surface area contributed by atoms with Crippen molar-refractivity contribution < 1.29 is 4.74 Å². The van der Waals surface area contributed by atoms with E-state index in [1.807, 2.05) is 0 Å². The monoisotopic (exact) mass is 265 g/mol. The second-order valence-corrected chi connectivity index (χ2v) is 6.49. The lowest BCUT2D eigenvalue weighted by molar-refractivity contribution is 0.0672. The molecule has 4 unspecified atom stereocenters. The number of ether oxygens (including phenoxy) is 1. The number of nitrogens with one attached hydrogen (secondary N) is 1. The van der Waals surface area contributed by atoms with Crippen LogP contribution in [0.1, 0.15) is 46.5 Å². The number of nitrogens with zero attached hydrogens (tertiary/aromatic N) is 2. The maximum absolute atomic E-state index is 9.53. The fourth-order valence-corrected chi connectivity index (χ4v) is 3.71. The van der Waals surface area contributed by atoms with Crippen LogP contribution in [0.2, 0.25) is 0 Å². The molecule has 108 valence electrons. The molecule has 2 rings (SSSR count). The van der Waals surface area contributed by atoms with Crippen molar-refractivity contribution in [2.75, 3.05) is 13.7 Å². The van der Waals surface area contributed by atoms with Gasteiger partial charge in [-0.3, -0.25) is 10.2 Å². The van der Waals surface area contributed by atoms with Crippen LogP contribution in [0.15, 0.2) is 0 Å². The lowest BCUT2D eigenvalue weighted by atomic mass is 9.97. The Morgan fingerprint density at radius 2 is 2.16 bits per heavy atom. The normalized spacial score (nSPS) is 39.1. The van der Waals surface area contributed by atoms with Crippen LogP contribution < -0.4 is 5.32 Å². The Morgan fingerprint density at radius 1 is 1.42 bits per heavy atom. The Morgan fingerprint density at radius 3 is 2.68 bits per heavy atom. The number of hydrogen-bond acceptors (Lipinski definition) is 4. The van der Waals surface area contributed by atoms with Gasteiger partial charge in [-0.1, -0.05) is 0 Å². The number of hydrogen-bond donors (Lipinski definition) is 1. The van der Waals surface area contributed by atoms with Gasteiger partial charge in [0, 0.05) is 24.7 Å². The van der Waals surface area contributed by atoms with Gasteiger partial charge in [-0.05, 0) is 53.5 Å². The van der Waals surface area contributed by atoms with Crippen molar-refractivity contribution >= 4 is 0 Å². The molecule has 1 saturated heterocycles. The summed E-state index contributed by atoms with van der Waals surface area (Å²) < 4.78 is 5.67. The second-order valence-electron chi connectivity index (χ2n) is 6.49. The molecule has 0 aromatic carbocycles. The lowest BCUT2D eigenvalue weighted by Crippen LogP contribution is -2.48. The summed E-state index contributed by atoms with van der Waals surface area (Å²) in [5, 5.41) is 13.0. The lowest BCUT2D eigenvalue weighted by Gasteiger charge is -2.33. The zero-order valence-corrected chi connectivity index (χ0v) is 12.6. The van der Waals surface area contributed by atoms with Crippen LogP contribution in [0, 0.1) is 11.3 Å². The molecule has 1 saturated carbocycles. The van der Waals surface area contributed by atoms with Crippen molar-refractivity contribution in [2.24, 2.45) is 0 Å². The molecule has 0 aromatic rings. The molecule has 4 atom stereocenters. The van der Waals surface area contributed by atoms with Gasteiger partial charge in [-0.25, -0.2) is 0 Å². The van der Waals surface area contributed by atoms with Gasteiger partial charge in [-0.15, -0.1) is 0 Å². The molecule has 2 aliphatic rings. The van der Waals surface area contributed by atoms with Crippen LogP contribution in [-0.2, 0) is 4.74 Å². The van der Waals surface area contributed by atoms with Crippen LogP contribution in [-0.4, -0.2) is 48.3 Å². The third-order valence-corrected chi connectivity index (χ3v) is 4.70. The van der Waals surface area contributed by atoms with Crippen LogP contribution >= 0.6 is 0 Å². The van der Waals surface area contributed by atoms with E-state index in [-0.39, 0.29) is 5.54 Å². The van der Waals surface area contributed by atoms with E-state index in [0.717, 1.165) is 32.3 Å². The smallest absolute Gasteiger partial charge is 0.108 e. The van der Waals surface area contributed by atoms with Crippen molar-refractivity contribution in [1.29, 1.82) is 5.26 Å². The van der Waals surface area contributed by atoms with Gasteiger partial charge in [0.05, 0.1) is 12.2 Å². The standard InChI is InChI=1S/C15H27N3O/c1-11(2)17-15(10-16)7-5-13(9-15)18(4)14-6-8-19-12(14)3/h11-14,17H,5-9H2,1-4H3. The zero-order valence-electron chi connectivity index (χ0n) is 12.6. The molecule has 1 aliphatic heterocycles. The SMILES string of the molecule is CC(C)NC1(C#N)CCC(N(C)C2CCOC2C)C1. The van der Waals surface area contributed by atoms with Crippen LogP contribution in [0.25, 0.3) is 0 Å². The Hall–Kier alpha value is -0.630. The number of likely N-dealkylation sites (N-methyl/N-ethyl adjacent to an activating group) is 1. The highest BCUT2D eigenvalue weighted by Gasteiger charge is 2.43. The van der Waals surface area contributed by atoms with Gasteiger partial charge < -0.3 is 4.74 Å². The minimum atomic E-state index is -0.324. The quantitative estimate of drug-likeness (QED) is 0.843. The van der Waals surface area contributed by atoms with Crippen LogP contribution in [0.4, 0.5) is 0 Å². The van der Waals surface area contributed by atoms with Gasteiger partial charge in [-0.2, -0.15) is 5.26 Å². The predicted octanol–water partition coefficient (Wildman–Crippen LogP) is 1.91. The zero-order chi connectivity index (χ0) is 14.0. The summed E-state index contributed by atoms with van der Waals surface area (Å²) >= 11 is 0. The molecular formula is C15H27N3O. The van der Waals surface area contributed by atoms with Gasteiger partial charge >= 0.3 is 0 Å². The topological polar surface area (TPSA) is 48.3 Å². The molecular weight excluding hydrogens is 238 g/mol. The van der Waals surface area contributed by atoms with E-state index in [2.05, 4.69) is 44.1 Å². The highest BCUT2D eigenvalue weighted by molar-refractivity contribution is 5.14. The first-order valence-corrected chi connectivity index (χ1v) is 7.50. The Bertz CT molecular complexity index is 352. The Balaban J connectivity index is 1.99. The van der Waals surface area contributed by atoms with Crippen LogP contribution in [0.3, 0.4) is 0 Å². The maximum Gasteiger partial charge on any atom is 0.108 e. The summed E-state index contributed by atoms with van der Waals surface area (Å²) in [5.41, 5.74) is -0.324. The van der Waals surface area contributed by atoms with E-state index in [1.165, 1.54) is 0 Å². The van der Waals surface area contributed by atoms with Gasteiger partial charge in [0.25, 0.3) is 0 Å². The predicted molar refractivity (Wildman–Crippen MR) is 75.8 cm³/mol. The summed E-state index contributed by atoms with van der Waals surface area (Å²) in [6, 6.07) is 3.90. The van der Waals surface area contributed by atoms with E-state index < -0.39 is 0 Å². The Labute approximate surface area is 117 Å². The fraction of sp³-hybridized carbons (Fsp3) is 0.933. The Kier molecular flexibility index (Phi) is 4.50. The molecule has 1 aliphatic carbocycles. The van der Waals surface area contributed by atoms with E-state index in [4.69, 9.17) is 4.74 Å². The minimum absolute atomic E-state index is 0.320. The number of nitriles is 1. The molecule has 2 fully saturated rings. The summed E-state index contributed by atoms with van der Waals surface area (Å²) in [6.45, 7) is 7.26. The van der Waals surface area contributed by atoms with E-state index >= 15 is 0 Å². The molecule has 1 heterocycles. The average molecular weight is 265 g/mol. The summed E-state index contributed by atoms with van der Waals surface area (Å²) in [4.78, 5) is 2.46. The number of rotatable bonds is 4. The third-order valence-electron chi connectivity index (χ3n) is 4.70. The average Bonchev–Trinajstić information content (AvgIpc) is 2.95. The van der Waals surface area contributed by atoms with Gasteiger partial charge in [0.1, 0.15) is 5.54 Å². The highest BCUT2D eigenvalue weighted by atomic mass is 16.5. The molecule has 0 aromatic heterocycles. The van der Waals surface area contributed by atoms with Crippen molar-refractivity contribution in [3.8, 4) is 6.07 Å². The van der Waals surface area contributed by atoms with Crippen molar-refractivity contribution in [2.45, 2.75) is 76.2 Å². The van der Waals surface area contributed by atoms with E-state index in [1.54, 1.807) is 0 Å². The van der Waals surface area contributed by atoms with Crippen LogP contribution in [0.5, 0.6) is 0 Å². The van der Waals surface area contributed by atoms with Crippen molar-refractivity contribution in [3.63, 3.8) is 0 Å². The van der Waals surface area contributed by atoms with E-state index in [9.17, 15) is 5.26 Å². The fourth-order valence-electron chi connectivity index (χ4n) is 3.71. The molecule has 1 N–H and O–H groups in total. The van der Waals surface area contributed by atoms with Crippen molar-refractivity contribution in [3.05, 3.63) is 0 Å². The summed E-state index contributed by atoms with van der Waals surface area (Å²) in [6.07, 6.45) is 4.43. The molecule has 0 amide bonds. The van der Waals surface area contributed by atoms with Gasteiger partial charge in [0.2, 0.25) is 0 Å². The first-order chi connectivity index (χ1) is 8.97. The molecule has 0 radical (unpaired) electrons. The van der Waals surface area contributed by atoms with Crippen molar-refractivity contribution in [1.82, 2.24) is 10.2 Å². The summed E-state index contributed by atoms with van der Waals surface area (Å²) in [5.74, 6) is 0. The third kappa shape index (κ3) is 3.10. The maximum atomic E-state index is 9.53. The molecule has 4 nitrogen and oxygen atoms in total. The van der Waals surface area contributed by atoms with Gasteiger partial charge in [0.15, 0.2) is 0 Å². The second kappa shape index (κ2) is 5.78. The minimum Gasteiger partial charge on any atom is -0.377 e. The first-order valence-electron chi connectivity index (χ1n) is 7.50. The first kappa shape index (κ1) is 14.8. The molecule has 0 spiro atoms. The molecule has 19 heavy (non-hydrogen) atoms.